The Labute approximate surface area is 93.8 Å². The van der Waals surface area contributed by atoms with Crippen LogP contribution in [0.15, 0.2) is 24.3 Å². The zero-order valence-corrected chi connectivity index (χ0v) is 9.53. The van der Waals surface area contributed by atoms with E-state index in [9.17, 15) is 13.2 Å². The molecule has 1 rings (SSSR count). The quantitative estimate of drug-likeness (QED) is 0.629. The first-order valence-electron chi connectivity index (χ1n) is 4.53. The number of rotatable bonds is 4. The van der Waals surface area contributed by atoms with Crippen molar-refractivity contribution < 1.29 is 22.5 Å². The van der Waals surface area contributed by atoms with Gasteiger partial charge in [0.1, 0.15) is 6.61 Å². The Morgan fingerprint density at radius 1 is 1.44 bits per heavy atom. The van der Waals surface area contributed by atoms with Crippen LogP contribution in [0.1, 0.15) is 11.1 Å². The number of ether oxygens (including phenoxy) is 1. The van der Waals surface area contributed by atoms with E-state index >= 15 is 0 Å². The third-order valence-electron chi connectivity index (χ3n) is 1.78. The van der Waals surface area contributed by atoms with Crippen LogP contribution in [0.3, 0.4) is 0 Å². The lowest BCUT2D eigenvalue weighted by Crippen LogP contribution is -2.17. The van der Waals surface area contributed by atoms with Gasteiger partial charge in [-0.15, -0.1) is 0 Å². The highest BCUT2D eigenvalue weighted by molar-refractivity contribution is 7.86. The van der Waals surface area contributed by atoms with Gasteiger partial charge in [0.15, 0.2) is 5.75 Å². The van der Waals surface area contributed by atoms with Gasteiger partial charge in [-0.2, -0.15) is 8.42 Å². The van der Waals surface area contributed by atoms with Gasteiger partial charge in [-0.3, -0.25) is 9.35 Å². The van der Waals surface area contributed by atoms with Crippen LogP contribution in [0.4, 0.5) is 0 Å². The summed E-state index contributed by atoms with van der Waals surface area (Å²) >= 11 is 0. The molecule has 0 aromatic heterocycles. The van der Waals surface area contributed by atoms with E-state index in [0.717, 1.165) is 11.1 Å². The van der Waals surface area contributed by atoms with Crippen molar-refractivity contribution in [1.82, 2.24) is 0 Å². The van der Waals surface area contributed by atoms with Crippen LogP contribution in [0.2, 0.25) is 0 Å². The van der Waals surface area contributed by atoms with Crippen molar-refractivity contribution in [2.24, 2.45) is 0 Å². The Hall–Kier alpha value is -1.40. The van der Waals surface area contributed by atoms with Crippen LogP contribution in [0.5, 0.6) is 0 Å². The summed E-state index contributed by atoms with van der Waals surface area (Å²) < 4.78 is 33.8. The summed E-state index contributed by atoms with van der Waals surface area (Å²) in [6, 6.07) is 7.28. The molecule has 0 aliphatic carbocycles. The van der Waals surface area contributed by atoms with Crippen LogP contribution in [-0.4, -0.2) is 24.7 Å². The molecule has 88 valence electrons. The first-order chi connectivity index (χ1) is 7.37. The summed E-state index contributed by atoms with van der Waals surface area (Å²) in [7, 11) is -4.31. The Morgan fingerprint density at radius 2 is 2.12 bits per heavy atom. The number of hydrogen-bond donors (Lipinski definition) is 1. The normalized spacial score (nSPS) is 11.1. The van der Waals surface area contributed by atoms with Gasteiger partial charge in [0.05, 0.1) is 0 Å². The molecular weight excluding hydrogens is 232 g/mol. The van der Waals surface area contributed by atoms with Gasteiger partial charge in [-0.05, 0) is 12.5 Å². The topological polar surface area (TPSA) is 80.7 Å². The standard InChI is InChI=1S/C10H12O5S/c1-8-3-2-4-9(5-8)6-15-10(11)7-16(12,13)14/h2-5H,6-7H2,1H3,(H,12,13,14). The highest BCUT2D eigenvalue weighted by Crippen LogP contribution is 2.05. The third-order valence-corrected chi connectivity index (χ3v) is 2.38. The SMILES string of the molecule is Cc1cccc(COC(=O)CS(=O)(=O)O)c1. The van der Waals surface area contributed by atoms with E-state index in [1.54, 1.807) is 12.1 Å². The molecule has 6 heteroatoms. The highest BCUT2D eigenvalue weighted by Gasteiger charge is 2.13. The summed E-state index contributed by atoms with van der Waals surface area (Å²) in [5.41, 5.74) is 1.78. The molecule has 0 saturated carbocycles. The second-order valence-corrected chi connectivity index (χ2v) is 4.83. The van der Waals surface area contributed by atoms with Crippen LogP contribution < -0.4 is 0 Å². The lowest BCUT2D eigenvalue weighted by molar-refractivity contribution is -0.141. The van der Waals surface area contributed by atoms with Crippen molar-refractivity contribution in [3.8, 4) is 0 Å². The summed E-state index contributed by atoms with van der Waals surface area (Å²) in [6.07, 6.45) is 0. The van der Waals surface area contributed by atoms with E-state index in [2.05, 4.69) is 4.74 Å². The third kappa shape index (κ3) is 4.90. The van der Waals surface area contributed by atoms with Crippen molar-refractivity contribution in [1.29, 1.82) is 0 Å². The zero-order chi connectivity index (χ0) is 12.2. The average Bonchev–Trinajstić information content (AvgIpc) is 2.12. The van der Waals surface area contributed by atoms with Gasteiger partial charge in [0.2, 0.25) is 0 Å². The summed E-state index contributed by atoms with van der Waals surface area (Å²) in [6.45, 7) is 1.89. The largest absolute Gasteiger partial charge is 0.460 e. The first kappa shape index (κ1) is 12.7. The van der Waals surface area contributed by atoms with E-state index < -0.39 is 21.8 Å². The minimum atomic E-state index is -4.31. The molecule has 0 unspecified atom stereocenters. The fraction of sp³-hybridized carbons (Fsp3) is 0.300. The van der Waals surface area contributed by atoms with Gasteiger partial charge in [0, 0.05) is 0 Å². The minimum Gasteiger partial charge on any atom is -0.460 e. The lowest BCUT2D eigenvalue weighted by Gasteiger charge is -2.04. The van der Waals surface area contributed by atoms with E-state index in [1.165, 1.54) is 0 Å². The van der Waals surface area contributed by atoms with E-state index in [0.29, 0.717) is 0 Å². The maximum atomic E-state index is 11.0. The maximum Gasteiger partial charge on any atom is 0.323 e. The zero-order valence-electron chi connectivity index (χ0n) is 8.71. The number of hydrogen-bond acceptors (Lipinski definition) is 4. The molecule has 0 bridgehead atoms. The molecule has 16 heavy (non-hydrogen) atoms. The van der Waals surface area contributed by atoms with Crippen molar-refractivity contribution in [2.45, 2.75) is 13.5 Å². The molecule has 0 spiro atoms. The van der Waals surface area contributed by atoms with Crippen molar-refractivity contribution in [3.05, 3.63) is 35.4 Å². The minimum absolute atomic E-state index is 0.00394. The fourth-order valence-electron chi connectivity index (χ4n) is 1.16. The number of carbonyl (C=O) groups excluding carboxylic acids is 1. The molecule has 0 atom stereocenters. The van der Waals surface area contributed by atoms with Crippen molar-refractivity contribution in [2.75, 3.05) is 5.75 Å². The molecule has 0 fully saturated rings. The van der Waals surface area contributed by atoms with Crippen LogP contribution in [-0.2, 0) is 26.3 Å². The number of aryl methyl sites for hydroxylation is 1. The molecule has 5 nitrogen and oxygen atoms in total. The van der Waals surface area contributed by atoms with Crippen LogP contribution >= 0.6 is 0 Å². The molecule has 1 aromatic rings. The second-order valence-electron chi connectivity index (χ2n) is 3.38. The molecule has 1 N–H and O–H groups in total. The van der Waals surface area contributed by atoms with E-state index in [-0.39, 0.29) is 6.61 Å². The predicted octanol–water partition coefficient (Wildman–Crippen LogP) is 0.926. The summed E-state index contributed by atoms with van der Waals surface area (Å²) in [5.74, 6) is -1.98. The highest BCUT2D eigenvalue weighted by atomic mass is 32.2. The Bertz CT molecular complexity index is 478. The Kier molecular flexibility index (Phi) is 4.03. The van der Waals surface area contributed by atoms with Gasteiger partial charge in [-0.1, -0.05) is 29.8 Å². The second kappa shape index (κ2) is 5.09. The Morgan fingerprint density at radius 3 is 2.69 bits per heavy atom. The van der Waals surface area contributed by atoms with Crippen LogP contribution in [0.25, 0.3) is 0 Å². The number of esters is 1. The summed E-state index contributed by atoms with van der Waals surface area (Å²) in [4.78, 5) is 11.0. The number of carbonyl (C=O) groups is 1. The fourth-order valence-corrected chi connectivity index (χ4v) is 1.54. The molecule has 0 heterocycles. The molecule has 0 saturated heterocycles. The summed E-state index contributed by atoms with van der Waals surface area (Å²) in [5, 5.41) is 0. The predicted molar refractivity (Wildman–Crippen MR) is 57.4 cm³/mol. The molecule has 0 amide bonds. The van der Waals surface area contributed by atoms with Gasteiger partial charge in [-0.25, -0.2) is 0 Å². The molecule has 0 aliphatic rings. The monoisotopic (exact) mass is 244 g/mol. The Balaban J connectivity index is 2.49. The average molecular weight is 244 g/mol. The maximum absolute atomic E-state index is 11.0. The van der Waals surface area contributed by atoms with Crippen LogP contribution in [0, 0.1) is 6.92 Å². The van der Waals surface area contributed by atoms with E-state index in [1.807, 2.05) is 19.1 Å². The lowest BCUT2D eigenvalue weighted by atomic mass is 10.1. The van der Waals surface area contributed by atoms with E-state index in [4.69, 9.17) is 4.55 Å². The van der Waals surface area contributed by atoms with Gasteiger partial charge < -0.3 is 4.74 Å². The van der Waals surface area contributed by atoms with Gasteiger partial charge in [0.25, 0.3) is 10.1 Å². The molecule has 1 aromatic carbocycles. The van der Waals surface area contributed by atoms with Crippen molar-refractivity contribution >= 4 is 16.1 Å². The molecule has 0 radical (unpaired) electrons. The van der Waals surface area contributed by atoms with Crippen molar-refractivity contribution in [3.63, 3.8) is 0 Å². The van der Waals surface area contributed by atoms with Gasteiger partial charge >= 0.3 is 5.97 Å². The first-order valence-corrected chi connectivity index (χ1v) is 6.14. The molecular formula is C10H12O5S. The number of benzene rings is 1. The molecule has 0 aliphatic heterocycles. The smallest absolute Gasteiger partial charge is 0.323 e.